The molecule has 2 aromatic heterocycles. The standard InChI is InChI=1S/C15H20N4S/c1-2-6-16-14-8-15(18-11-17-14)19(13-3-4-13)9-12-5-7-20-10-12/h5,7-8,10-11,13H,2-4,6,9H2,1H3,(H,16,17,18). The van der Waals surface area contributed by atoms with E-state index in [2.05, 4.69) is 50.0 Å². The summed E-state index contributed by atoms with van der Waals surface area (Å²) in [5, 5.41) is 7.68. The molecule has 0 aliphatic heterocycles. The minimum atomic E-state index is 0.642. The van der Waals surface area contributed by atoms with Crippen LogP contribution in [-0.4, -0.2) is 22.6 Å². The lowest BCUT2D eigenvalue weighted by molar-refractivity contribution is 0.777. The number of nitrogens with zero attached hydrogens (tertiary/aromatic N) is 3. The number of hydrogen-bond acceptors (Lipinski definition) is 5. The van der Waals surface area contributed by atoms with E-state index in [0.717, 1.165) is 31.1 Å². The normalized spacial score (nSPS) is 14.2. The molecule has 0 bridgehead atoms. The summed E-state index contributed by atoms with van der Waals surface area (Å²) in [7, 11) is 0. The molecule has 0 amide bonds. The third-order valence-electron chi connectivity index (χ3n) is 3.42. The first-order chi connectivity index (χ1) is 9.86. The van der Waals surface area contributed by atoms with Gasteiger partial charge in [0, 0.05) is 25.2 Å². The van der Waals surface area contributed by atoms with Gasteiger partial charge < -0.3 is 10.2 Å². The largest absolute Gasteiger partial charge is 0.370 e. The van der Waals surface area contributed by atoms with Crippen LogP contribution in [0.5, 0.6) is 0 Å². The molecule has 20 heavy (non-hydrogen) atoms. The SMILES string of the molecule is CCCNc1cc(N(Cc2ccsc2)C2CC2)ncn1. The Balaban J connectivity index is 1.76. The maximum atomic E-state index is 4.47. The fraction of sp³-hybridized carbons (Fsp3) is 0.467. The molecule has 2 heterocycles. The molecule has 0 saturated heterocycles. The van der Waals surface area contributed by atoms with E-state index in [1.807, 2.05) is 0 Å². The minimum absolute atomic E-state index is 0.642. The van der Waals surface area contributed by atoms with Gasteiger partial charge in [0.25, 0.3) is 0 Å². The Labute approximate surface area is 123 Å². The van der Waals surface area contributed by atoms with E-state index in [1.54, 1.807) is 17.7 Å². The Morgan fingerprint density at radius 3 is 3.00 bits per heavy atom. The summed E-state index contributed by atoms with van der Waals surface area (Å²) >= 11 is 1.75. The van der Waals surface area contributed by atoms with Crippen molar-refractivity contribution in [2.75, 3.05) is 16.8 Å². The van der Waals surface area contributed by atoms with Crippen LogP contribution in [-0.2, 0) is 6.54 Å². The molecule has 0 unspecified atom stereocenters. The molecular formula is C15H20N4S. The Kier molecular flexibility index (Phi) is 4.16. The highest BCUT2D eigenvalue weighted by Crippen LogP contribution is 2.32. The van der Waals surface area contributed by atoms with Crippen LogP contribution in [0.4, 0.5) is 11.6 Å². The highest BCUT2D eigenvalue weighted by Gasteiger charge is 2.30. The fourth-order valence-electron chi connectivity index (χ4n) is 2.22. The van der Waals surface area contributed by atoms with E-state index in [1.165, 1.54) is 18.4 Å². The quantitative estimate of drug-likeness (QED) is 0.846. The molecule has 5 heteroatoms. The van der Waals surface area contributed by atoms with Crippen molar-refractivity contribution in [1.82, 2.24) is 9.97 Å². The van der Waals surface area contributed by atoms with Gasteiger partial charge in [0.15, 0.2) is 0 Å². The van der Waals surface area contributed by atoms with Gasteiger partial charge in [-0.05, 0) is 41.7 Å². The Morgan fingerprint density at radius 1 is 1.40 bits per heavy atom. The third-order valence-corrected chi connectivity index (χ3v) is 4.16. The van der Waals surface area contributed by atoms with Crippen LogP contribution in [0, 0.1) is 0 Å². The lowest BCUT2D eigenvalue weighted by Gasteiger charge is -2.23. The van der Waals surface area contributed by atoms with Crippen molar-refractivity contribution >= 4 is 23.0 Å². The van der Waals surface area contributed by atoms with Gasteiger partial charge in [-0.15, -0.1) is 0 Å². The van der Waals surface area contributed by atoms with Crippen molar-refractivity contribution in [3.63, 3.8) is 0 Å². The highest BCUT2D eigenvalue weighted by molar-refractivity contribution is 7.07. The summed E-state index contributed by atoms with van der Waals surface area (Å²) in [4.78, 5) is 11.2. The molecular weight excluding hydrogens is 268 g/mol. The topological polar surface area (TPSA) is 41.0 Å². The lowest BCUT2D eigenvalue weighted by Crippen LogP contribution is -2.26. The molecule has 4 nitrogen and oxygen atoms in total. The van der Waals surface area contributed by atoms with Crippen LogP contribution in [0.25, 0.3) is 0 Å². The summed E-state index contributed by atoms with van der Waals surface area (Å²) < 4.78 is 0. The number of aromatic nitrogens is 2. The first-order valence-corrected chi connectivity index (χ1v) is 8.14. The first-order valence-electron chi connectivity index (χ1n) is 7.20. The second-order valence-electron chi connectivity index (χ2n) is 5.18. The summed E-state index contributed by atoms with van der Waals surface area (Å²) in [5.74, 6) is 1.96. The van der Waals surface area contributed by atoms with Crippen molar-refractivity contribution in [1.29, 1.82) is 0 Å². The number of anilines is 2. The summed E-state index contributed by atoms with van der Waals surface area (Å²) in [5.41, 5.74) is 1.36. The van der Waals surface area contributed by atoms with E-state index in [-0.39, 0.29) is 0 Å². The van der Waals surface area contributed by atoms with E-state index in [0.29, 0.717) is 6.04 Å². The third kappa shape index (κ3) is 3.28. The highest BCUT2D eigenvalue weighted by atomic mass is 32.1. The monoisotopic (exact) mass is 288 g/mol. The first kappa shape index (κ1) is 13.4. The van der Waals surface area contributed by atoms with Crippen molar-refractivity contribution in [2.45, 2.75) is 38.8 Å². The molecule has 0 aromatic carbocycles. The number of hydrogen-bond donors (Lipinski definition) is 1. The predicted octanol–water partition coefficient (Wildman–Crippen LogP) is 3.53. The average Bonchev–Trinajstić information content (AvgIpc) is 3.19. The average molecular weight is 288 g/mol. The zero-order chi connectivity index (χ0) is 13.8. The van der Waals surface area contributed by atoms with Crippen LogP contribution in [0.2, 0.25) is 0 Å². The summed E-state index contributed by atoms with van der Waals surface area (Å²) in [6, 6.07) is 4.90. The Morgan fingerprint density at radius 2 is 2.30 bits per heavy atom. The second-order valence-corrected chi connectivity index (χ2v) is 5.96. The van der Waals surface area contributed by atoms with Crippen molar-refractivity contribution < 1.29 is 0 Å². The van der Waals surface area contributed by atoms with Crippen molar-refractivity contribution in [2.24, 2.45) is 0 Å². The molecule has 2 aromatic rings. The molecule has 1 aliphatic rings. The lowest BCUT2D eigenvalue weighted by atomic mass is 10.3. The van der Waals surface area contributed by atoms with E-state index in [4.69, 9.17) is 0 Å². The van der Waals surface area contributed by atoms with E-state index < -0.39 is 0 Å². The van der Waals surface area contributed by atoms with Gasteiger partial charge in [-0.25, -0.2) is 9.97 Å². The Hall–Kier alpha value is -1.62. The van der Waals surface area contributed by atoms with Gasteiger partial charge in [-0.2, -0.15) is 11.3 Å². The maximum Gasteiger partial charge on any atom is 0.134 e. The van der Waals surface area contributed by atoms with E-state index in [9.17, 15) is 0 Å². The Bertz CT molecular complexity index is 537. The predicted molar refractivity (Wildman–Crippen MR) is 84.3 cm³/mol. The zero-order valence-corrected chi connectivity index (χ0v) is 12.6. The van der Waals surface area contributed by atoms with Crippen LogP contribution in [0.1, 0.15) is 31.7 Å². The van der Waals surface area contributed by atoms with Gasteiger partial charge >= 0.3 is 0 Å². The molecule has 1 saturated carbocycles. The molecule has 0 radical (unpaired) electrons. The number of thiophene rings is 1. The van der Waals surface area contributed by atoms with Crippen molar-refractivity contribution in [3.05, 3.63) is 34.8 Å². The van der Waals surface area contributed by atoms with Gasteiger partial charge in [0.05, 0.1) is 0 Å². The fourth-order valence-corrected chi connectivity index (χ4v) is 2.88. The number of rotatable bonds is 7. The molecule has 3 rings (SSSR count). The van der Waals surface area contributed by atoms with Crippen LogP contribution < -0.4 is 10.2 Å². The van der Waals surface area contributed by atoms with Crippen LogP contribution in [0.3, 0.4) is 0 Å². The van der Waals surface area contributed by atoms with Gasteiger partial charge in [0.2, 0.25) is 0 Å². The smallest absolute Gasteiger partial charge is 0.134 e. The molecule has 106 valence electrons. The van der Waals surface area contributed by atoms with Gasteiger partial charge in [-0.1, -0.05) is 6.92 Å². The van der Waals surface area contributed by atoms with Gasteiger partial charge in [-0.3, -0.25) is 0 Å². The van der Waals surface area contributed by atoms with Crippen LogP contribution >= 0.6 is 11.3 Å². The maximum absolute atomic E-state index is 4.47. The molecule has 0 spiro atoms. The molecule has 1 aliphatic carbocycles. The molecule has 1 fully saturated rings. The summed E-state index contributed by atoms with van der Waals surface area (Å²) in [6.45, 7) is 4.05. The van der Waals surface area contributed by atoms with E-state index >= 15 is 0 Å². The second kappa shape index (κ2) is 6.22. The van der Waals surface area contributed by atoms with Crippen molar-refractivity contribution in [3.8, 4) is 0 Å². The molecule has 1 N–H and O–H groups in total. The minimum Gasteiger partial charge on any atom is -0.370 e. The number of nitrogens with one attached hydrogen (secondary N) is 1. The zero-order valence-electron chi connectivity index (χ0n) is 11.7. The molecule has 0 atom stereocenters. The van der Waals surface area contributed by atoms with Gasteiger partial charge in [0.1, 0.15) is 18.0 Å². The van der Waals surface area contributed by atoms with Crippen LogP contribution in [0.15, 0.2) is 29.2 Å². The summed E-state index contributed by atoms with van der Waals surface area (Å²) in [6.07, 6.45) is 5.30.